The van der Waals surface area contributed by atoms with Gasteiger partial charge in [0.15, 0.2) is 5.16 Å². The smallest absolute Gasteiger partial charge is 0.368 e. The van der Waals surface area contributed by atoms with Gasteiger partial charge in [-0.3, -0.25) is 4.79 Å². The maximum Gasteiger partial charge on any atom is 0.416 e. The van der Waals surface area contributed by atoms with Gasteiger partial charge in [-0.1, -0.05) is 60.3 Å². The number of hydrogen-bond acceptors (Lipinski definition) is 6. The molecule has 1 aliphatic rings. The number of benzene rings is 3. The normalized spacial score (nSPS) is 13.7. The van der Waals surface area contributed by atoms with E-state index in [4.69, 9.17) is 4.98 Å². The molecule has 5 rings (SSSR count). The Hall–Kier alpha value is -4.05. The number of thioether (sulfide) groups is 1. The van der Waals surface area contributed by atoms with Crippen molar-refractivity contribution in [2.45, 2.75) is 37.5 Å². The average molecular weight is 592 g/mol. The molecule has 0 aliphatic carbocycles. The van der Waals surface area contributed by atoms with Crippen molar-refractivity contribution in [3.63, 3.8) is 0 Å². The summed E-state index contributed by atoms with van der Waals surface area (Å²) >= 11 is 1.53. The molecule has 0 unspecified atom stereocenters. The summed E-state index contributed by atoms with van der Waals surface area (Å²) in [5.41, 5.74) is 4.55. The molecule has 0 spiro atoms. The molecule has 4 aromatic rings. The van der Waals surface area contributed by atoms with Crippen molar-refractivity contribution in [2.75, 3.05) is 36.0 Å². The number of carbonyl (C=O) groups excluding carboxylic acids is 1. The molecule has 0 bridgehead atoms. The van der Waals surface area contributed by atoms with Crippen LogP contribution >= 0.6 is 11.8 Å². The summed E-state index contributed by atoms with van der Waals surface area (Å²) in [6.45, 7) is 6.92. The van der Waals surface area contributed by atoms with Crippen molar-refractivity contribution in [1.82, 2.24) is 15.3 Å². The minimum Gasteiger partial charge on any atom is -0.368 e. The monoisotopic (exact) mass is 591 g/mol. The lowest BCUT2D eigenvalue weighted by molar-refractivity contribution is -0.137. The van der Waals surface area contributed by atoms with Gasteiger partial charge >= 0.3 is 6.18 Å². The number of alkyl halides is 3. The van der Waals surface area contributed by atoms with Crippen LogP contribution in [0.4, 0.5) is 24.7 Å². The number of aromatic nitrogens is 2. The third kappa shape index (κ3) is 7.23. The first kappa shape index (κ1) is 29.4. The number of carbonyl (C=O) groups is 1. The second kappa shape index (κ2) is 12.9. The maximum absolute atomic E-state index is 13.2. The third-order valence-electron chi connectivity index (χ3n) is 7.34. The Kier molecular flexibility index (Phi) is 9.01. The fraction of sp³-hybridized carbons (Fsp3) is 0.281. The Morgan fingerprint density at radius 1 is 0.857 bits per heavy atom. The van der Waals surface area contributed by atoms with Crippen LogP contribution in [0.2, 0.25) is 0 Å². The van der Waals surface area contributed by atoms with Crippen molar-refractivity contribution >= 4 is 29.2 Å². The highest BCUT2D eigenvalue weighted by molar-refractivity contribution is 7.98. The summed E-state index contributed by atoms with van der Waals surface area (Å²) in [5.74, 6) is 1.39. The molecule has 1 aliphatic heterocycles. The van der Waals surface area contributed by atoms with E-state index < -0.39 is 11.7 Å². The predicted molar refractivity (Wildman–Crippen MR) is 161 cm³/mol. The second-order valence-corrected chi connectivity index (χ2v) is 11.2. The minimum atomic E-state index is -4.36. The molecule has 3 aromatic carbocycles. The average Bonchev–Trinajstić information content (AvgIpc) is 3.01. The van der Waals surface area contributed by atoms with Gasteiger partial charge in [-0.25, -0.2) is 9.97 Å². The van der Waals surface area contributed by atoms with Crippen molar-refractivity contribution in [2.24, 2.45) is 0 Å². The van der Waals surface area contributed by atoms with Gasteiger partial charge in [0, 0.05) is 61.0 Å². The molecule has 218 valence electrons. The summed E-state index contributed by atoms with van der Waals surface area (Å²) in [6.07, 6.45) is -4.36. The van der Waals surface area contributed by atoms with Crippen LogP contribution in [0.3, 0.4) is 0 Å². The highest BCUT2D eigenvalue weighted by atomic mass is 32.2. The SMILES string of the molecule is Cc1nc(SCc2ccc(C(=O)NCc3ccccc3)cc2)nc(N2CCN(c3cccc(C(F)(F)F)c3)CC2)c1C. The molecule has 1 N–H and O–H groups in total. The van der Waals surface area contributed by atoms with Gasteiger partial charge < -0.3 is 15.1 Å². The molecule has 1 fully saturated rings. The lowest BCUT2D eigenvalue weighted by Gasteiger charge is -2.37. The van der Waals surface area contributed by atoms with E-state index in [0.29, 0.717) is 54.9 Å². The maximum atomic E-state index is 13.2. The quantitative estimate of drug-likeness (QED) is 0.183. The molecule has 1 amide bonds. The van der Waals surface area contributed by atoms with E-state index in [-0.39, 0.29) is 5.91 Å². The van der Waals surface area contributed by atoms with E-state index in [2.05, 4.69) is 15.2 Å². The number of rotatable bonds is 8. The number of aryl methyl sites for hydroxylation is 1. The molecule has 10 heteroatoms. The van der Waals surface area contributed by atoms with Gasteiger partial charge in [0.1, 0.15) is 5.82 Å². The first-order valence-corrected chi connectivity index (χ1v) is 14.7. The zero-order valence-corrected chi connectivity index (χ0v) is 24.3. The molecule has 2 heterocycles. The number of halogens is 3. The van der Waals surface area contributed by atoms with E-state index in [1.807, 2.05) is 73.3 Å². The van der Waals surface area contributed by atoms with Crippen LogP contribution < -0.4 is 15.1 Å². The van der Waals surface area contributed by atoms with Crippen LogP contribution in [-0.4, -0.2) is 42.1 Å². The summed E-state index contributed by atoms with van der Waals surface area (Å²) in [7, 11) is 0. The fourth-order valence-corrected chi connectivity index (χ4v) is 5.64. The Bertz CT molecular complexity index is 1520. The molecule has 42 heavy (non-hydrogen) atoms. The first-order chi connectivity index (χ1) is 20.2. The largest absolute Gasteiger partial charge is 0.416 e. The molecule has 0 atom stereocenters. The summed E-state index contributed by atoms with van der Waals surface area (Å²) in [4.78, 5) is 26.2. The Labute approximate surface area is 248 Å². The van der Waals surface area contributed by atoms with Crippen LogP contribution in [0.25, 0.3) is 0 Å². The van der Waals surface area contributed by atoms with Crippen molar-refractivity contribution < 1.29 is 18.0 Å². The number of piperazine rings is 1. The number of nitrogens with zero attached hydrogens (tertiary/aromatic N) is 4. The minimum absolute atomic E-state index is 0.117. The summed E-state index contributed by atoms with van der Waals surface area (Å²) in [6, 6.07) is 22.8. The zero-order valence-electron chi connectivity index (χ0n) is 23.5. The number of anilines is 2. The second-order valence-electron chi connectivity index (χ2n) is 10.2. The van der Waals surface area contributed by atoms with Crippen LogP contribution in [0.15, 0.2) is 84.0 Å². The van der Waals surface area contributed by atoms with E-state index in [1.54, 1.807) is 6.07 Å². The number of nitrogens with one attached hydrogen (secondary N) is 1. The summed E-state index contributed by atoms with van der Waals surface area (Å²) < 4.78 is 39.5. The van der Waals surface area contributed by atoms with Gasteiger partial charge in [-0.05, 0) is 55.3 Å². The van der Waals surface area contributed by atoms with Crippen LogP contribution in [0.1, 0.15) is 38.3 Å². The third-order valence-corrected chi connectivity index (χ3v) is 8.26. The molecule has 0 saturated carbocycles. The van der Waals surface area contributed by atoms with Gasteiger partial charge in [-0.2, -0.15) is 13.2 Å². The topological polar surface area (TPSA) is 61.4 Å². The lowest BCUT2D eigenvalue weighted by Crippen LogP contribution is -2.47. The Morgan fingerprint density at radius 3 is 2.24 bits per heavy atom. The molecule has 0 radical (unpaired) electrons. The Morgan fingerprint density at radius 2 is 1.55 bits per heavy atom. The molecule has 1 aromatic heterocycles. The van der Waals surface area contributed by atoms with E-state index in [0.717, 1.165) is 34.3 Å². The number of amides is 1. The van der Waals surface area contributed by atoms with Gasteiger partial charge in [0.25, 0.3) is 5.91 Å². The van der Waals surface area contributed by atoms with Gasteiger partial charge in [-0.15, -0.1) is 0 Å². The van der Waals surface area contributed by atoms with Crippen LogP contribution in [0, 0.1) is 13.8 Å². The van der Waals surface area contributed by atoms with Crippen LogP contribution in [0.5, 0.6) is 0 Å². The summed E-state index contributed by atoms with van der Waals surface area (Å²) in [5, 5.41) is 3.61. The zero-order chi connectivity index (χ0) is 29.7. The van der Waals surface area contributed by atoms with Gasteiger partial charge in [0.2, 0.25) is 0 Å². The highest BCUT2D eigenvalue weighted by Gasteiger charge is 2.31. The van der Waals surface area contributed by atoms with E-state index in [9.17, 15) is 18.0 Å². The van der Waals surface area contributed by atoms with Gasteiger partial charge in [0.05, 0.1) is 5.56 Å². The number of hydrogen-bond donors (Lipinski definition) is 1. The molecule has 6 nitrogen and oxygen atoms in total. The highest BCUT2D eigenvalue weighted by Crippen LogP contribution is 2.32. The van der Waals surface area contributed by atoms with E-state index in [1.165, 1.54) is 23.9 Å². The van der Waals surface area contributed by atoms with Crippen molar-refractivity contribution in [1.29, 1.82) is 0 Å². The van der Waals surface area contributed by atoms with E-state index >= 15 is 0 Å². The Balaban J connectivity index is 1.18. The standard InChI is InChI=1S/C32H32F3N5OS/c1-22-23(2)37-31(42-21-25-11-13-26(14-12-25)30(41)36-20-24-7-4-3-5-8-24)38-29(22)40-17-15-39(16-18-40)28-10-6-9-27(19-28)32(33,34)35/h3-14,19H,15-18,20-21H2,1-2H3,(H,36,41). The molecular weight excluding hydrogens is 559 g/mol. The lowest BCUT2D eigenvalue weighted by atomic mass is 10.1. The molecular formula is C32H32F3N5OS. The fourth-order valence-electron chi connectivity index (χ4n) is 4.80. The molecule has 1 saturated heterocycles. The predicted octanol–water partition coefficient (Wildman–Crippen LogP) is 6.66. The van der Waals surface area contributed by atoms with Crippen LogP contribution in [-0.2, 0) is 18.5 Å². The first-order valence-electron chi connectivity index (χ1n) is 13.7. The van der Waals surface area contributed by atoms with Crippen molar-refractivity contribution in [3.05, 3.63) is 112 Å². The van der Waals surface area contributed by atoms with Crippen molar-refractivity contribution in [3.8, 4) is 0 Å².